The summed E-state index contributed by atoms with van der Waals surface area (Å²) >= 11 is 0. The Hall–Kier alpha value is -1.62. The number of amides is 1. The molecule has 1 aromatic carbocycles. The Morgan fingerprint density at radius 2 is 1.46 bits per heavy atom. The minimum Gasteiger partial charge on any atom is -0.336 e. The van der Waals surface area contributed by atoms with E-state index in [4.69, 9.17) is 0 Å². The van der Waals surface area contributed by atoms with E-state index in [1.165, 1.54) is 13.5 Å². The maximum atomic E-state index is 13.8. The SMILES string of the molecule is CN1CCN(S(=O)(=O)N2CCN(C(=O)c3ccc(F)cc3F)CC2)CC1. The fourth-order valence-electron chi connectivity index (χ4n) is 3.14. The Morgan fingerprint density at radius 3 is 2.00 bits per heavy atom. The highest BCUT2D eigenvalue weighted by Crippen LogP contribution is 2.17. The molecule has 0 aromatic heterocycles. The number of rotatable bonds is 3. The van der Waals surface area contributed by atoms with Crippen molar-refractivity contribution < 1.29 is 22.0 Å². The van der Waals surface area contributed by atoms with Crippen LogP contribution in [0.4, 0.5) is 8.78 Å². The molecule has 0 unspecified atom stereocenters. The first-order valence-electron chi connectivity index (χ1n) is 8.47. The Kier molecular flexibility index (Phi) is 5.56. The summed E-state index contributed by atoms with van der Waals surface area (Å²) in [6, 6.07) is 2.81. The van der Waals surface area contributed by atoms with E-state index in [2.05, 4.69) is 4.90 Å². The van der Waals surface area contributed by atoms with Crippen LogP contribution >= 0.6 is 0 Å². The van der Waals surface area contributed by atoms with Crippen LogP contribution in [0.25, 0.3) is 0 Å². The van der Waals surface area contributed by atoms with Crippen molar-refractivity contribution in [1.29, 1.82) is 0 Å². The summed E-state index contributed by atoms with van der Waals surface area (Å²) in [5.41, 5.74) is -0.207. The van der Waals surface area contributed by atoms with Crippen LogP contribution in [0.2, 0.25) is 0 Å². The van der Waals surface area contributed by atoms with E-state index in [1.807, 2.05) is 7.05 Å². The molecule has 10 heteroatoms. The molecule has 2 fully saturated rings. The van der Waals surface area contributed by atoms with Crippen molar-refractivity contribution >= 4 is 16.1 Å². The number of likely N-dealkylation sites (N-methyl/N-ethyl adjacent to an activating group) is 1. The van der Waals surface area contributed by atoms with E-state index in [1.54, 1.807) is 0 Å². The maximum Gasteiger partial charge on any atom is 0.282 e. The second kappa shape index (κ2) is 7.55. The number of hydrogen-bond donors (Lipinski definition) is 0. The van der Waals surface area contributed by atoms with Crippen molar-refractivity contribution in [1.82, 2.24) is 18.4 Å². The van der Waals surface area contributed by atoms with Gasteiger partial charge in [0, 0.05) is 58.4 Å². The fourth-order valence-corrected chi connectivity index (χ4v) is 4.71. The van der Waals surface area contributed by atoms with Crippen LogP contribution in [0.3, 0.4) is 0 Å². The van der Waals surface area contributed by atoms with Crippen molar-refractivity contribution in [2.45, 2.75) is 0 Å². The molecule has 1 amide bonds. The number of halogens is 2. The third-order valence-corrected chi connectivity index (χ3v) is 6.84. The average Bonchev–Trinajstić information content (AvgIpc) is 2.62. The number of hydrogen-bond acceptors (Lipinski definition) is 4. The molecule has 0 saturated carbocycles. The second-order valence-corrected chi connectivity index (χ2v) is 8.45. The number of carbonyl (C=O) groups is 1. The standard InChI is InChI=1S/C16H22F2N4O3S/c1-19-4-8-21(9-5-19)26(24,25)22-10-6-20(7-11-22)16(23)14-3-2-13(17)12-15(14)18/h2-3,12H,4-11H2,1H3. The molecular weight excluding hydrogens is 366 g/mol. The molecule has 2 aliphatic rings. The Balaban J connectivity index is 1.62. The van der Waals surface area contributed by atoms with Gasteiger partial charge in [0.25, 0.3) is 16.1 Å². The fraction of sp³-hybridized carbons (Fsp3) is 0.562. The van der Waals surface area contributed by atoms with Gasteiger partial charge in [-0.15, -0.1) is 0 Å². The summed E-state index contributed by atoms with van der Waals surface area (Å²) in [7, 11) is -1.61. The summed E-state index contributed by atoms with van der Waals surface area (Å²) < 4.78 is 55.0. The highest BCUT2D eigenvalue weighted by Gasteiger charge is 2.35. The first-order chi connectivity index (χ1) is 12.3. The molecule has 2 aliphatic heterocycles. The number of carbonyl (C=O) groups excluding carboxylic acids is 1. The van der Waals surface area contributed by atoms with E-state index < -0.39 is 27.8 Å². The van der Waals surface area contributed by atoms with Crippen LogP contribution in [0.1, 0.15) is 10.4 Å². The lowest BCUT2D eigenvalue weighted by Gasteiger charge is -2.39. The van der Waals surface area contributed by atoms with Gasteiger partial charge in [-0.1, -0.05) is 0 Å². The largest absolute Gasteiger partial charge is 0.336 e. The first kappa shape index (κ1) is 19.2. The summed E-state index contributed by atoms with van der Waals surface area (Å²) in [5, 5.41) is 0. The quantitative estimate of drug-likeness (QED) is 0.743. The summed E-state index contributed by atoms with van der Waals surface area (Å²) in [4.78, 5) is 15.9. The van der Waals surface area contributed by atoms with E-state index >= 15 is 0 Å². The zero-order valence-corrected chi connectivity index (χ0v) is 15.4. The van der Waals surface area contributed by atoms with Crippen molar-refractivity contribution in [3.05, 3.63) is 35.4 Å². The summed E-state index contributed by atoms with van der Waals surface area (Å²) in [5.74, 6) is -2.22. The highest BCUT2D eigenvalue weighted by atomic mass is 32.2. The number of benzene rings is 1. The van der Waals surface area contributed by atoms with Gasteiger partial charge in [-0.2, -0.15) is 17.0 Å². The first-order valence-corrected chi connectivity index (χ1v) is 9.87. The van der Waals surface area contributed by atoms with Crippen LogP contribution in [0.5, 0.6) is 0 Å². The molecular formula is C16H22F2N4O3S. The summed E-state index contributed by atoms with van der Waals surface area (Å²) in [6.45, 7) is 2.90. The van der Waals surface area contributed by atoms with Gasteiger partial charge in [0.1, 0.15) is 11.6 Å². The van der Waals surface area contributed by atoms with Crippen molar-refractivity contribution in [3.63, 3.8) is 0 Å². The van der Waals surface area contributed by atoms with Gasteiger partial charge in [-0.05, 0) is 19.2 Å². The molecule has 1 aromatic rings. The van der Waals surface area contributed by atoms with Crippen LogP contribution in [0, 0.1) is 11.6 Å². The van der Waals surface area contributed by atoms with Crippen LogP contribution < -0.4 is 0 Å². The topological polar surface area (TPSA) is 64.2 Å². The molecule has 0 spiro atoms. The van der Waals surface area contributed by atoms with Crippen molar-refractivity contribution in [3.8, 4) is 0 Å². The van der Waals surface area contributed by atoms with E-state index in [0.717, 1.165) is 12.1 Å². The Labute approximate surface area is 151 Å². The minimum atomic E-state index is -3.56. The third-order valence-electron chi connectivity index (χ3n) is 4.80. The predicted octanol–water partition coefficient (Wildman–Crippen LogP) is 0.215. The summed E-state index contributed by atoms with van der Waals surface area (Å²) in [6.07, 6.45) is 0. The lowest BCUT2D eigenvalue weighted by molar-refractivity contribution is 0.0687. The molecule has 2 heterocycles. The predicted molar refractivity (Wildman–Crippen MR) is 91.8 cm³/mol. The molecule has 0 N–H and O–H groups in total. The normalized spacial score (nSPS) is 21.1. The lowest BCUT2D eigenvalue weighted by Crippen LogP contribution is -2.57. The van der Waals surface area contributed by atoms with Gasteiger partial charge in [0.2, 0.25) is 0 Å². The highest BCUT2D eigenvalue weighted by molar-refractivity contribution is 7.86. The molecule has 0 aliphatic carbocycles. The smallest absolute Gasteiger partial charge is 0.282 e. The van der Waals surface area contributed by atoms with Crippen LogP contribution in [-0.4, -0.2) is 92.1 Å². The molecule has 0 radical (unpaired) electrons. The maximum absolute atomic E-state index is 13.8. The molecule has 144 valence electrons. The number of piperazine rings is 2. The second-order valence-electron chi connectivity index (χ2n) is 6.53. The van der Waals surface area contributed by atoms with Crippen molar-refractivity contribution in [2.75, 3.05) is 59.4 Å². The van der Waals surface area contributed by atoms with E-state index in [-0.39, 0.29) is 31.7 Å². The van der Waals surface area contributed by atoms with Gasteiger partial charge in [-0.25, -0.2) is 8.78 Å². The third kappa shape index (κ3) is 3.88. The molecule has 0 atom stereocenters. The molecule has 2 saturated heterocycles. The van der Waals surface area contributed by atoms with Crippen LogP contribution in [-0.2, 0) is 10.2 Å². The lowest BCUT2D eigenvalue weighted by atomic mass is 10.1. The Morgan fingerprint density at radius 1 is 0.923 bits per heavy atom. The van der Waals surface area contributed by atoms with Gasteiger partial charge < -0.3 is 9.80 Å². The Bertz CT molecular complexity index is 774. The minimum absolute atomic E-state index is 0.156. The van der Waals surface area contributed by atoms with Crippen LogP contribution in [0.15, 0.2) is 18.2 Å². The zero-order valence-electron chi connectivity index (χ0n) is 14.6. The average molecular weight is 388 g/mol. The molecule has 0 bridgehead atoms. The van der Waals surface area contributed by atoms with Gasteiger partial charge in [-0.3, -0.25) is 4.79 Å². The van der Waals surface area contributed by atoms with Crippen molar-refractivity contribution in [2.24, 2.45) is 0 Å². The molecule has 7 nitrogen and oxygen atoms in total. The zero-order chi connectivity index (χ0) is 18.9. The van der Waals surface area contributed by atoms with Gasteiger partial charge in [0.05, 0.1) is 5.56 Å². The van der Waals surface area contributed by atoms with E-state index in [0.29, 0.717) is 32.2 Å². The van der Waals surface area contributed by atoms with E-state index in [9.17, 15) is 22.0 Å². The molecule has 3 rings (SSSR count). The van der Waals surface area contributed by atoms with Gasteiger partial charge in [0.15, 0.2) is 0 Å². The monoisotopic (exact) mass is 388 g/mol. The number of nitrogens with zero attached hydrogens (tertiary/aromatic N) is 4. The molecule has 26 heavy (non-hydrogen) atoms. The van der Waals surface area contributed by atoms with Gasteiger partial charge >= 0.3 is 0 Å².